The number of hydrogen-bond donors (Lipinski definition) is 1. The molecule has 1 fully saturated rings. The van der Waals surface area contributed by atoms with Gasteiger partial charge in [0.05, 0.1) is 20.1 Å². The van der Waals surface area contributed by atoms with E-state index >= 15 is 0 Å². The average molecular weight is 356 g/mol. The van der Waals surface area contributed by atoms with Crippen molar-refractivity contribution in [2.24, 2.45) is 0 Å². The second-order valence-electron chi connectivity index (χ2n) is 6.51. The van der Waals surface area contributed by atoms with Crippen molar-refractivity contribution >= 4 is 11.8 Å². The number of amides is 2. The molecule has 0 spiro atoms. The Morgan fingerprint density at radius 3 is 2.69 bits per heavy atom. The molecular formula is C19H24N4O3. The van der Waals surface area contributed by atoms with Crippen LogP contribution in [0.5, 0.6) is 5.75 Å². The largest absolute Gasteiger partial charge is 0.497 e. The molecule has 2 aromatic rings. The fourth-order valence-corrected chi connectivity index (χ4v) is 3.51. The minimum Gasteiger partial charge on any atom is -0.497 e. The summed E-state index contributed by atoms with van der Waals surface area (Å²) >= 11 is 0. The summed E-state index contributed by atoms with van der Waals surface area (Å²) in [6.07, 6.45) is 5.14. The van der Waals surface area contributed by atoms with Gasteiger partial charge in [-0.15, -0.1) is 0 Å². The first-order valence-corrected chi connectivity index (χ1v) is 8.72. The summed E-state index contributed by atoms with van der Waals surface area (Å²) in [5.74, 6) is 0.648. The Hall–Kier alpha value is -2.83. The highest BCUT2D eigenvalue weighted by molar-refractivity contribution is 5.86. The van der Waals surface area contributed by atoms with Gasteiger partial charge in [0.2, 0.25) is 11.8 Å². The van der Waals surface area contributed by atoms with Gasteiger partial charge < -0.3 is 15.0 Å². The Labute approximate surface area is 152 Å². The second-order valence-corrected chi connectivity index (χ2v) is 6.51. The van der Waals surface area contributed by atoms with Crippen LogP contribution in [-0.2, 0) is 21.5 Å². The van der Waals surface area contributed by atoms with Crippen LogP contribution in [0, 0.1) is 0 Å². The van der Waals surface area contributed by atoms with Crippen LogP contribution in [-0.4, -0.2) is 53.7 Å². The Balaban J connectivity index is 1.77. The zero-order valence-corrected chi connectivity index (χ0v) is 15.1. The third kappa shape index (κ3) is 3.42. The van der Waals surface area contributed by atoms with Crippen molar-refractivity contribution in [3.05, 3.63) is 48.3 Å². The van der Waals surface area contributed by atoms with Crippen LogP contribution in [0.1, 0.15) is 18.4 Å². The quantitative estimate of drug-likeness (QED) is 0.873. The fraction of sp³-hybridized carbons (Fsp3) is 0.421. The molecule has 1 atom stereocenters. The lowest BCUT2D eigenvalue weighted by Crippen LogP contribution is -2.59. The molecule has 0 radical (unpaired) electrons. The van der Waals surface area contributed by atoms with E-state index in [1.54, 1.807) is 42.2 Å². The SMILES string of the molecule is CNC(=O)C1(n2cccn2)CCCN(C(=O)Cc2ccc(OC)cc2)C1. The summed E-state index contributed by atoms with van der Waals surface area (Å²) in [5, 5.41) is 7.02. The summed E-state index contributed by atoms with van der Waals surface area (Å²) in [4.78, 5) is 27.3. The van der Waals surface area contributed by atoms with Gasteiger partial charge in [0, 0.05) is 26.0 Å². The lowest BCUT2D eigenvalue weighted by Gasteiger charge is -2.41. The molecule has 1 unspecified atom stereocenters. The number of likely N-dealkylation sites (tertiary alicyclic amines) is 1. The molecule has 1 aliphatic rings. The maximum Gasteiger partial charge on any atom is 0.249 e. The van der Waals surface area contributed by atoms with Crippen molar-refractivity contribution in [1.82, 2.24) is 20.0 Å². The number of nitrogens with zero attached hydrogens (tertiary/aromatic N) is 3. The first-order chi connectivity index (χ1) is 12.6. The van der Waals surface area contributed by atoms with E-state index in [-0.39, 0.29) is 11.8 Å². The summed E-state index contributed by atoms with van der Waals surface area (Å²) in [7, 11) is 3.23. The number of nitrogens with one attached hydrogen (secondary N) is 1. The van der Waals surface area contributed by atoms with E-state index in [1.807, 2.05) is 24.3 Å². The van der Waals surface area contributed by atoms with Gasteiger partial charge in [0.1, 0.15) is 5.75 Å². The lowest BCUT2D eigenvalue weighted by atomic mass is 9.87. The van der Waals surface area contributed by atoms with Crippen molar-refractivity contribution in [1.29, 1.82) is 0 Å². The summed E-state index contributed by atoms with van der Waals surface area (Å²) < 4.78 is 6.83. The van der Waals surface area contributed by atoms with Crippen LogP contribution in [0.2, 0.25) is 0 Å². The Morgan fingerprint density at radius 1 is 1.31 bits per heavy atom. The second kappa shape index (κ2) is 7.59. The van der Waals surface area contributed by atoms with Crippen molar-refractivity contribution in [2.45, 2.75) is 24.8 Å². The highest BCUT2D eigenvalue weighted by Crippen LogP contribution is 2.29. The number of methoxy groups -OCH3 is 1. The van der Waals surface area contributed by atoms with Crippen molar-refractivity contribution in [3.8, 4) is 5.75 Å². The fourth-order valence-electron chi connectivity index (χ4n) is 3.51. The van der Waals surface area contributed by atoms with E-state index in [0.29, 0.717) is 25.9 Å². The molecule has 3 rings (SSSR count). The summed E-state index contributed by atoms with van der Waals surface area (Å²) in [5.41, 5.74) is 0.0671. The molecule has 0 aliphatic carbocycles. The number of aromatic nitrogens is 2. The van der Waals surface area contributed by atoms with E-state index < -0.39 is 5.54 Å². The highest BCUT2D eigenvalue weighted by atomic mass is 16.5. The monoisotopic (exact) mass is 356 g/mol. The maximum atomic E-state index is 12.8. The molecule has 0 saturated carbocycles. The summed E-state index contributed by atoms with van der Waals surface area (Å²) in [6.45, 7) is 0.971. The minimum atomic E-state index is -0.855. The molecular weight excluding hydrogens is 332 g/mol. The van der Waals surface area contributed by atoms with Gasteiger partial charge in [-0.3, -0.25) is 14.3 Å². The Bertz CT molecular complexity index is 758. The van der Waals surface area contributed by atoms with E-state index in [2.05, 4.69) is 10.4 Å². The molecule has 1 saturated heterocycles. The zero-order chi connectivity index (χ0) is 18.6. The lowest BCUT2D eigenvalue weighted by molar-refractivity contribution is -0.140. The van der Waals surface area contributed by atoms with E-state index in [9.17, 15) is 9.59 Å². The van der Waals surface area contributed by atoms with Crippen molar-refractivity contribution < 1.29 is 14.3 Å². The number of rotatable bonds is 5. The van der Waals surface area contributed by atoms with Gasteiger partial charge in [-0.25, -0.2) is 0 Å². The van der Waals surface area contributed by atoms with Gasteiger partial charge in [-0.2, -0.15) is 5.10 Å². The van der Waals surface area contributed by atoms with Crippen LogP contribution < -0.4 is 10.1 Å². The van der Waals surface area contributed by atoms with Gasteiger partial charge in [-0.1, -0.05) is 12.1 Å². The molecule has 0 bridgehead atoms. The van der Waals surface area contributed by atoms with Gasteiger partial charge in [0.15, 0.2) is 5.54 Å². The smallest absolute Gasteiger partial charge is 0.249 e. The number of hydrogen-bond acceptors (Lipinski definition) is 4. The Kier molecular flexibility index (Phi) is 5.25. The predicted molar refractivity (Wildman–Crippen MR) is 96.8 cm³/mol. The molecule has 1 aromatic carbocycles. The van der Waals surface area contributed by atoms with Crippen LogP contribution >= 0.6 is 0 Å². The number of benzene rings is 1. The molecule has 7 heteroatoms. The normalized spacial score (nSPS) is 19.8. The van der Waals surface area contributed by atoms with Gasteiger partial charge in [-0.05, 0) is 36.6 Å². The molecule has 1 aliphatic heterocycles. The van der Waals surface area contributed by atoms with Crippen molar-refractivity contribution in [3.63, 3.8) is 0 Å². The first-order valence-electron chi connectivity index (χ1n) is 8.72. The topological polar surface area (TPSA) is 76.5 Å². The number of likely N-dealkylation sites (N-methyl/N-ethyl adjacent to an activating group) is 1. The number of carbonyl (C=O) groups is 2. The van der Waals surface area contributed by atoms with E-state index in [1.165, 1.54) is 0 Å². The first kappa shape index (κ1) is 18.0. The number of ether oxygens (including phenoxy) is 1. The van der Waals surface area contributed by atoms with Crippen LogP contribution in [0.3, 0.4) is 0 Å². The van der Waals surface area contributed by atoms with Crippen molar-refractivity contribution in [2.75, 3.05) is 27.2 Å². The molecule has 2 amide bonds. The third-order valence-electron chi connectivity index (χ3n) is 4.93. The van der Waals surface area contributed by atoms with Gasteiger partial charge in [0.25, 0.3) is 0 Å². The van der Waals surface area contributed by atoms with Crippen LogP contribution in [0.4, 0.5) is 0 Å². The maximum absolute atomic E-state index is 12.8. The summed E-state index contributed by atoms with van der Waals surface area (Å²) in [6, 6.07) is 9.26. The molecule has 138 valence electrons. The molecule has 1 aromatic heterocycles. The molecule has 1 N–H and O–H groups in total. The Morgan fingerprint density at radius 2 is 2.08 bits per heavy atom. The molecule has 26 heavy (non-hydrogen) atoms. The standard InChI is InChI=1S/C19H24N4O3/c1-20-18(25)19(23-12-4-10-21-23)9-3-11-22(14-19)17(24)13-15-5-7-16(26-2)8-6-15/h4-8,10,12H,3,9,11,13-14H2,1-2H3,(H,20,25). The third-order valence-corrected chi connectivity index (χ3v) is 4.93. The molecule has 7 nitrogen and oxygen atoms in total. The minimum absolute atomic E-state index is 0.00954. The van der Waals surface area contributed by atoms with E-state index in [4.69, 9.17) is 4.74 Å². The average Bonchev–Trinajstić information content (AvgIpc) is 3.23. The zero-order valence-electron chi connectivity index (χ0n) is 15.1. The molecule has 2 heterocycles. The van der Waals surface area contributed by atoms with E-state index in [0.717, 1.165) is 17.7 Å². The number of carbonyl (C=O) groups excluding carboxylic acids is 2. The number of piperidine rings is 1. The van der Waals surface area contributed by atoms with Gasteiger partial charge >= 0.3 is 0 Å². The van der Waals surface area contributed by atoms with Crippen LogP contribution in [0.15, 0.2) is 42.7 Å². The van der Waals surface area contributed by atoms with Crippen LogP contribution in [0.25, 0.3) is 0 Å². The highest BCUT2D eigenvalue weighted by Gasteiger charge is 2.45. The predicted octanol–water partition coefficient (Wildman–Crippen LogP) is 1.20.